The largest absolute Gasteiger partial charge is 0.364 e. The van der Waals surface area contributed by atoms with Crippen molar-refractivity contribution in [3.8, 4) is 10.6 Å². The Morgan fingerprint density at radius 2 is 1.88 bits per heavy atom. The summed E-state index contributed by atoms with van der Waals surface area (Å²) in [4.78, 5) is 19.6. The van der Waals surface area contributed by atoms with E-state index >= 15 is 0 Å². The van der Waals surface area contributed by atoms with Gasteiger partial charge in [0.15, 0.2) is 0 Å². The lowest BCUT2D eigenvalue weighted by Crippen LogP contribution is -2.01. The van der Waals surface area contributed by atoms with Gasteiger partial charge in [0.1, 0.15) is 10.8 Å². The quantitative estimate of drug-likeness (QED) is 0.404. The minimum atomic E-state index is -0.405. The number of anilines is 1. The summed E-state index contributed by atoms with van der Waals surface area (Å²) in [6.07, 6.45) is 0. The van der Waals surface area contributed by atoms with Crippen LogP contribution >= 0.6 is 11.3 Å². The van der Waals surface area contributed by atoms with E-state index < -0.39 is 4.92 Å². The van der Waals surface area contributed by atoms with E-state index in [9.17, 15) is 10.1 Å². The van der Waals surface area contributed by atoms with Gasteiger partial charge < -0.3 is 5.32 Å². The number of aromatic nitrogens is 2. The molecule has 0 amide bonds. The molecule has 7 heteroatoms. The van der Waals surface area contributed by atoms with Crippen LogP contribution in [0.2, 0.25) is 0 Å². The maximum absolute atomic E-state index is 10.8. The molecule has 0 fully saturated rings. The molecule has 4 aromatic rings. The van der Waals surface area contributed by atoms with E-state index in [0.717, 1.165) is 21.7 Å². The first-order chi connectivity index (χ1) is 12.7. The molecule has 2 aromatic carbocycles. The van der Waals surface area contributed by atoms with Crippen LogP contribution in [0.5, 0.6) is 0 Å². The number of non-ortho nitro benzene ring substituents is 1. The number of hydrogen-bond acceptors (Lipinski definition) is 6. The predicted molar refractivity (Wildman–Crippen MR) is 103 cm³/mol. The van der Waals surface area contributed by atoms with Crippen molar-refractivity contribution in [2.24, 2.45) is 0 Å². The third kappa shape index (κ3) is 3.38. The normalized spacial score (nSPS) is 10.8. The molecule has 0 spiro atoms. The van der Waals surface area contributed by atoms with Crippen molar-refractivity contribution in [3.05, 3.63) is 81.9 Å². The van der Waals surface area contributed by atoms with E-state index in [1.54, 1.807) is 17.4 Å². The number of benzene rings is 2. The molecule has 2 heterocycles. The molecule has 0 aliphatic carbocycles. The van der Waals surface area contributed by atoms with Crippen LogP contribution in [0.4, 0.5) is 11.5 Å². The smallest absolute Gasteiger partial charge is 0.270 e. The minimum Gasteiger partial charge on any atom is -0.364 e. The van der Waals surface area contributed by atoms with Gasteiger partial charge in [-0.3, -0.25) is 10.1 Å². The lowest BCUT2D eigenvalue weighted by atomic mass is 10.2. The summed E-state index contributed by atoms with van der Waals surface area (Å²) in [6.45, 7) is 0.564. The second-order valence-electron chi connectivity index (χ2n) is 5.69. The Bertz CT molecular complexity index is 1080. The molecule has 26 heavy (non-hydrogen) atoms. The molecule has 2 aromatic heterocycles. The molecule has 4 rings (SSSR count). The number of nitro benzene ring substituents is 1. The molecule has 0 bridgehead atoms. The molecule has 0 aliphatic rings. The standard InChI is InChI=1S/C19H14N4O2S/c24-23(25)16-7-8-17-14(10-16)6-9-18(22-17)20-11-15-12-26-19(21-15)13-4-2-1-3-5-13/h1-10,12H,11H2,(H,20,22). The number of rotatable bonds is 5. The van der Waals surface area contributed by atoms with Crippen molar-refractivity contribution in [2.45, 2.75) is 6.54 Å². The Morgan fingerprint density at radius 3 is 2.69 bits per heavy atom. The predicted octanol–water partition coefficient (Wildman–Crippen LogP) is 4.88. The molecule has 0 unspecified atom stereocenters. The van der Waals surface area contributed by atoms with Crippen LogP contribution < -0.4 is 5.32 Å². The van der Waals surface area contributed by atoms with E-state index in [1.807, 2.05) is 47.8 Å². The fourth-order valence-electron chi connectivity index (χ4n) is 2.61. The lowest BCUT2D eigenvalue weighted by molar-refractivity contribution is -0.384. The number of nitrogens with zero attached hydrogens (tertiary/aromatic N) is 3. The molecule has 0 atom stereocenters. The SMILES string of the molecule is O=[N+]([O-])c1ccc2nc(NCc3csc(-c4ccccc4)n3)ccc2c1. The van der Waals surface area contributed by atoms with Crippen LogP contribution in [-0.2, 0) is 6.54 Å². The van der Waals surface area contributed by atoms with Crippen LogP contribution in [0.15, 0.2) is 66.0 Å². The van der Waals surface area contributed by atoms with Gasteiger partial charge in [0.2, 0.25) is 0 Å². The third-order valence-corrected chi connectivity index (χ3v) is 4.85. The number of fused-ring (bicyclic) bond motifs is 1. The monoisotopic (exact) mass is 362 g/mol. The first-order valence-corrected chi connectivity index (χ1v) is 8.86. The zero-order chi connectivity index (χ0) is 17.9. The average molecular weight is 362 g/mol. The lowest BCUT2D eigenvalue weighted by Gasteiger charge is -2.05. The van der Waals surface area contributed by atoms with Crippen LogP contribution in [0.3, 0.4) is 0 Å². The number of nitrogens with one attached hydrogen (secondary N) is 1. The van der Waals surface area contributed by atoms with E-state index in [4.69, 9.17) is 0 Å². The zero-order valence-corrected chi connectivity index (χ0v) is 14.4. The van der Waals surface area contributed by atoms with Crippen molar-refractivity contribution in [3.63, 3.8) is 0 Å². The molecule has 6 nitrogen and oxygen atoms in total. The highest BCUT2D eigenvalue weighted by Gasteiger charge is 2.08. The summed E-state index contributed by atoms with van der Waals surface area (Å²) in [5, 5.41) is 17.9. The zero-order valence-electron chi connectivity index (χ0n) is 13.6. The Kier molecular flexibility index (Phi) is 4.28. The topological polar surface area (TPSA) is 81.0 Å². The van der Waals surface area contributed by atoms with Crippen LogP contribution in [-0.4, -0.2) is 14.9 Å². The Labute approximate surface area is 153 Å². The summed E-state index contributed by atoms with van der Waals surface area (Å²) >= 11 is 1.61. The summed E-state index contributed by atoms with van der Waals surface area (Å²) in [5.74, 6) is 0.709. The number of pyridine rings is 1. The summed E-state index contributed by atoms with van der Waals surface area (Å²) < 4.78 is 0. The van der Waals surface area contributed by atoms with Crippen molar-refractivity contribution in [1.82, 2.24) is 9.97 Å². The van der Waals surface area contributed by atoms with Crippen molar-refractivity contribution >= 4 is 33.7 Å². The Balaban J connectivity index is 1.49. The van der Waals surface area contributed by atoms with Crippen LogP contribution in [0, 0.1) is 10.1 Å². The Morgan fingerprint density at radius 1 is 1.04 bits per heavy atom. The minimum absolute atomic E-state index is 0.0657. The number of nitro groups is 1. The van der Waals surface area contributed by atoms with Gasteiger partial charge in [0.05, 0.1) is 22.7 Å². The van der Waals surface area contributed by atoms with Gasteiger partial charge in [0.25, 0.3) is 5.69 Å². The van der Waals surface area contributed by atoms with Gasteiger partial charge in [-0.05, 0) is 18.2 Å². The first-order valence-electron chi connectivity index (χ1n) is 7.98. The molecule has 0 aliphatic heterocycles. The van der Waals surface area contributed by atoms with E-state index in [0.29, 0.717) is 17.9 Å². The average Bonchev–Trinajstić information content (AvgIpc) is 3.15. The van der Waals surface area contributed by atoms with Gasteiger partial charge in [-0.1, -0.05) is 30.3 Å². The fraction of sp³-hybridized carbons (Fsp3) is 0.0526. The molecule has 0 radical (unpaired) electrons. The number of hydrogen-bond donors (Lipinski definition) is 1. The molecular formula is C19H14N4O2S. The highest BCUT2D eigenvalue weighted by molar-refractivity contribution is 7.13. The second-order valence-corrected chi connectivity index (χ2v) is 6.55. The highest BCUT2D eigenvalue weighted by Crippen LogP contribution is 2.24. The first kappa shape index (κ1) is 16.2. The van der Waals surface area contributed by atoms with Gasteiger partial charge >= 0.3 is 0 Å². The summed E-state index contributed by atoms with van der Waals surface area (Å²) in [6, 6.07) is 18.4. The summed E-state index contributed by atoms with van der Waals surface area (Å²) in [5.41, 5.74) is 2.83. The maximum atomic E-state index is 10.8. The molecule has 0 saturated heterocycles. The van der Waals surface area contributed by atoms with Crippen molar-refractivity contribution in [2.75, 3.05) is 5.32 Å². The Hall–Kier alpha value is -3.32. The third-order valence-electron chi connectivity index (χ3n) is 3.91. The van der Waals surface area contributed by atoms with E-state index in [-0.39, 0.29) is 5.69 Å². The van der Waals surface area contributed by atoms with Gasteiger partial charge in [0, 0.05) is 28.5 Å². The fourth-order valence-corrected chi connectivity index (χ4v) is 3.43. The molecule has 0 saturated carbocycles. The van der Waals surface area contributed by atoms with Gasteiger partial charge in [-0.15, -0.1) is 11.3 Å². The second kappa shape index (κ2) is 6.89. The van der Waals surface area contributed by atoms with E-state index in [1.165, 1.54) is 12.1 Å². The van der Waals surface area contributed by atoms with Gasteiger partial charge in [-0.2, -0.15) is 0 Å². The summed E-state index contributed by atoms with van der Waals surface area (Å²) in [7, 11) is 0. The molecule has 1 N–H and O–H groups in total. The van der Waals surface area contributed by atoms with Crippen LogP contribution in [0.1, 0.15) is 5.69 Å². The molecular weight excluding hydrogens is 348 g/mol. The number of thiazole rings is 1. The molecule has 128 valence electrons. The van der Waals surface area contributed by atoms with Crippen LogP contribution in [0.25, 0.3) is 21.5 Å². The van der Waals surface area contributed by atoms with E-state index in [2.05, 4.69) is 15.3 Å². The maximum Gasteiger partial charge on any atom is 0.270 e. The van der Waals surface area contributed by atoms with Gasteiger partial charge in [-0.25, -0.2) is 9.97 Å². The van der Waals surface area contributed by atoms with Crippen molar-refractivity contribution in [1.29, 1.82) is 0 Å². The highest BCUT2D eigenvalue weighted by atomic mass is 32.1. The van der Waals surface area contributed by atoms with Crippen molar-refractivity contribution < 1.29 is 4.92 Å².